The van der Waals surface area contributed by atoms with Crippen molar-refractivity contribution in [2.75, 3.05) is 0 Å². The second kappa shape index (κ2) is 4.49. The molecule has 1 aromatic carbocycles. The van der Waals surface area contributed by atoms with Crippen LogP contribution in [0.1, 0.15) is 19.4 Å². The Labute approximate surface area is 85.9 Å². The van der Waals surface area contributed by atoms with E-state index in [0.717, 1.165) is 12.1 Å². The molecule has 0 fully saturated rings. The number of halogens is 3. The predicted molar refractivity (Wildman–Crippen MR) is 51.6 cm³/mol. The van der Waals surface area contributed by atoms with Crippen molar-refractivity contribution < 1.29 is 18.3 Å². The summed E-state index contributed by atoms with van der Waals surface area (Å²) < 4.78 is 38.2. The van der Waals surface area contributed by atoms with Gasteiger partial charge in [-0.15, -0.1) is 0 Å². The van der Waals surface area contributed by atoms with Gasteiger partial charge in [-0.25, -0.2) is 13.2 Å². The minimum Gasteiger partial charge on any atom is -0.389 e. The molecule has 0 aliphatic heterocycles. The van der Waals surface area contributed by atoms with E-state index < -0.39 is 23.6 Å². The highest BCUT2D eigenvalue weighted by atomic mass is 19.2. The van der Waals surface area contributed by atoms with Crippen LogP contribution in [0.25, 0.3) is 6.08 Å². The largest absolute Gasteiger partial charge is 0.389 e. The van der Waals surface area contributed by atoms with E-state index in [1.165, 1.54) is 13.0 Å². The van der Waals surface area contributed by atoms with Gasteiger partial charge in [-0.1, -0.05) is 6.08 Å². The Kier molecular flexibility index (Phi) is 3.52. The predicted octanol–water partition coefficient (Wildman–Crippen LogP) is 2.89. The van der Waals surface area contributed by atoms with E-state index in [9.17, 15) is 13.2 Å². The maximum Gasteiger partial charge on any atom is 0.194 e. The molecule has 0 saturated heterocycles. The van der Waals surface area contributed by atoms with Crippen LogP contribution < -0.4 is 0 Å². The zero-order chi connectivity index (χ0) is 11.6. The van der Waals surface area contributed by atoms with Crippen molar-refractivity contribution in [3.8, 4) is 0 Å². The van der Waals surface area contributed by atoms with Gasteiger partial charge in [-0.2, -0.15) is 0 Å². The molecule has 1 aromatic rings. The van der Waals surface area contributed by atoms with Gasteiger partial charge < -0.3 is 5.11 Å². The minimum atomic E-state index is -1.48. The second-order valence-electron chi connectivity index (χ2n) is 3.36. The van der Waals surface area contributed by atoms with E-state index in [4.69, 9.17) is 5.11 Å². The van der Waals surface area contributed by atoms with E-state index in [0.29, 0.717) is 5.57 Å². The van der Waals surface area contributed by atoms with Gasteiger partial charge in [0.05, 0.1) is 6.10 Å². The van der Waals surface area contributed by atoms with Crippen LogP contribution in [-0.4, -0.2) is 11.2 Å². The van der Waals surface area contributed by atoms with Crippen molar-refractivity contribution in [1.29, 1.82) is 0 Å². The van der Waals surface area contributed by atoms with Crippen LogP contribution in [0.15, 0.2) is 17.7 Å². The summed E-state index contributed by atoms with van der Waals surface area (Å²) in [5.74, 6) is -3.96. The van der Waals surface area contributed by atoms with Gasteiger partial charge in [0.2, 0.25) is 0 Å². The molecule has 0 radical (unpaired) electrons. The zero-order valence-electron chi connectivity index (χ0n) is 8.39. The summed E-state index contributed by atoms with van der Waals surface area (Å²) in [6.07, 6.45) is 0.692. The Hall–Kier alpha value is -1.29. The summed E-state index contributed by atoms with van der Waals surface area (Å²) >= 11 is 0. The molecule has 0 bridgehead atoms. The van der Waals surface area contributed by atoms with E-state index in [2.05, 4.69) is 0 Å². The van der Waals surface area contributed by atoms with Crippen LogP contribution >= 0.6 is 0 Å². The molecular weight excluding hydrogens is 205 g/mol. The third-order valence-corrected chi connectivity index (χ3v) is 2.06. The van der Waals surface area contributed by atoms with Crippen molar-refractivity contribution in [3.05, 3.63) is 40.7 Å². The molecule has 0 amide bonds. The molecule has 1 atom stereocenters. The summed E-state index contributed by atoms with van der Waals surface area (Å²) in [7, 11) is 0. The Morgan fingerprint density at radius 1 is 1.27 bits per heavy atom. The molecule has 0 heterocycles. The Balaban J connectivity index is 3.13. The Bertz CT molecular complexity index is 374. The average Bonchev–Trinajstić information content (AvgIpc) is 2.13. The van der Waals surface area contributed by atoms with E-state index in [-0.39, 0.29) is 5.56 Å². The Morgan fingerprint density at radius 3 is 2.13 bits per heavy atom. The average molecular weight is 216 g/mol. The first kappa shape index (κ1) is 11.8. The summed E-state index contributed by atoms with van der Waals surface area (Å²) in [5, 5.41) is 9.15. The lowest BCUT2D eigenvalue weighted by atomic mass is 10.1. The lowest BCUT2D eigenvalue weighted by molar-refractivity contribution is 0.232. The normalized spacial score (nSPS) is 14.1. The van der Waals surface area contributed by atoms with Crippen LogP contribution in [0, 0.1) is 17.5 Å². The fourth-order valence-corrected chi connectivity index (χ4v) is 1.04. The highest BCUT2D eigenvalue weighted by Gasteiger charge is 2.09. The van der Waals surface area contributed by atoms with Crippen LogP contribution in [0.4, 0.5) is 13.2 Å². The number of hydrogen-bond donors (Lipinski definition) is 1. The SMILES string of the molecule is C/C(=C\c1cc(F)c(F)c(F)c1)C(C)O. The summed E-state index contributed by atoms with van der Waals surface area (Å²) in [6, 6.07) is 1.76. The summed E-state index contributed by atoms with van der Waals surface area (Å²) in [6.45, 7) is 3.14. The summed E-state index contributed by atoms with van der Waals surface area (Å²) in [4.78, 5) is 0. The van der Waals surface area contributed by atoms with Crippen molar-refractivity contribution in [3.63, 3.8) is 0 Å². The maximum absolute atomic E-state index is 12.8. The van der Waals surface area contributed by atoms with E-state index in [1.54, 1.807) is 6.92 Å². The van der Waals surface area contributed by atoms with Gasteiger partial charge in [0, 0.05) is 0 Å². The minimum absolute atomic E-state index is 0.185. The molecule has 0 aliphatic carbocycles. The van der Waals surface area contributed by atoms with Crippen molar-refractivity contribution >= 4 is 6.08 Å². The fourth-order valence-electron chi connectivity index (χ4n) is 1.04. The van der Waals surface area contributed by atoms with Gasteiger partial charge in [0.1, 0.15) is 0 Å². The first-order chi connectivity index (χ1) is 6.91. The molecule has 1 rings (SSSR count). The third-order valence-electron chi connectivity index (χ3n) is 2.06. The quantitative estimate of drug-likeness (QED) is 0.753. The number of rotatable bonds is 2. The zero-order valence-corrected chi connectivity index (χ0v) is 8.39. The van der Waals surface area contributed by atoms with Crippen molar-refractivity contribution in [2.45, 2.75) is 20.0 Å². The first-order valence-corrected chi connectivity index (χ1v) is 4.42. The van der Waals surface area contributed by atoms with Crippen LogP contribution in [0.5, 0.6) is 0 Å². The molecule has 0 aliphatic rings. The standard InChI is InChI=1S/C11H11F3O/c1-6(7(2)15)3-8-4-9(12)11(14)10(13)5-8/h3-5,7,15H,1-2H3/b6-3+. The van der Waals surface area contributed by atoms with Gasteiger partial charge in [0.25, 0.3) is 0 Å². The molecule has 0 saturated carbocycles. The van der Waals surface area contributed by atoms with Gasteiger partial charge in [0.15, 0.2) is 17.5 Å². The first-order valence-electron chi connectivity index (χ1n) is 4.42. The van der Waals surface area contributed by atoms with Crippen LogP contribution in [0.2, 0.25) is 0 Å². The topological polar surface area (TPSA) is 20.2 Å². The molecule has 15 heavy (non-hydrogen) atoms. The third kappa shape index (κ3) is 2.83. The fraction of sp³-hybridized carbons (Fsp3) is 0.273. The monoisotopic (exact) mass is 216 g/mol. The summed E-state index contributed by atoms with van der Waals surface area (Å²) in [5.41, 5.74) is 0.727. The number of benzene rings is 1. The molecule has 1 nitrogen and oxygen atoms in total. The van der Waals surface area contributed by atoms with Gasteiger partial charge in [-0.05, 0) is 37.1 Å². The number of aliphatic hydroxyl groups is 1. The number of aliphatic hydroxyl groups excluding tert-OH is 1. The molecule has 1 unspecified atom stereocenters. The number of hydrogen-bond acceptors (Lipinski definition) is 1. The molecule has 0 spiro atoms. The van der Waals surface area contributed by atoms with Crippen molar-refractivity contribution in [2.24, 2.45) is 0 Å². The molecule has 0 aromatic heterocycles. The van der Waals surface area contributed by atoms with Crippen molar-refractivity contribution in [1.82, 2.24) is 0 Å². The van der Waals surface area contributed by atoms with E-state index >= 15 is 0 Å². The lowest BCUT2D eigenvalue weighted by Crippen LogP contribution is -2.00. The highest BCUT2D eigenvalue weighted by molar-refractivity contribution is 5.53. The van der Waals surface area contributed by atoms with Crippen LogP contribution in [-0.2, 0) is 0 Å². The smallest absolute Gasteiger partial charge is 0.194 e. The second-order valence-corrected chi connectivity index (χ2v) is 3.36. The molecular formula is C11H11F3O. The lowest BCUT2D eigenvalue weighted by Gasteiger charge is -2.04. The molecule has 1 N–H and O–H groups in total. The maximum atomic E-state index is 12.8. The van der Waals surface area contributed by atoms with Gasteiger partial charge >= 0.3 is 0 Å². The van der Waals surface area contributed by atoms with Crippen LogP contribution in [0.3, 0.4) is 0 Å². The Morgan fingerprint density at radius 2 is 1.73 bits per heavy atom. The van der Waals surface area contributed by atoms with E-state index in [1.807, 2.05) is 0 Å². The molecule has 82 valence electrons. The molecule has 4 heteroatoms. The highest BCUT2D eigenvalue weighted by Crippen LogP contribution is 2.16. The van der Waals surface area contributed by atoms with Gasteiger partial charge in [-0.3, -0.25) is 0 Å².